The maximum Gasteiger partial charge on any atom is 0.253 e. The Kier molecular flexibility index (Phi) is 9.74. The molecule has 0 fully saturated rings. The zero-order valence-electron chi connectivity index (χ0n) is 22.6. The predicted molar refractivity (Wildman–Crippen MR) is 151 cm³/mol. The molecular weight excluding hydrogens is 446 g/mol. The quantitative estimate of drug-likeness (QED) is 0.318. The molecule has 0 N–H and O–H groups in total. The van der Waals surface area contributed by atoms with E-state index in [0.29, 0.717) is 5.82 Å². The average molecular weight is 486 g/mol. The van der Waals surface area contributed by atoms with Gasteiger partial charge in [-0.25, -0.2) is 4.98 Å². The maximum atomic E-state index is 12.2. The third-order valence-electron chi connectivity index (χ3n) is 6.63. The molecule has 1 aliphatic heterocycles. The van der Waals surface area contributed by atoms with Gasteiger partial charge in [-0.2, -0.15) is 0 Å². The molecule has 0 saturated carbocycles. The SMILES string of the molecule is C\C=C(/C=N/C=C/CCC)c1cnc2c(c1)CN(C(=C\CC)/C(C)=C(/C)c1nccc(=O)n1C)CC2. The van der Waals surface area contributed by atoms with E-state index in [1.807, 2.05) is 32.5 Å². The van der Waals surface area contributed by atoms with Crippen molar-refractivity contribution < 1.29 is 0 Å². The molecule has 2 aromatic rings. The Morgan fingerprint density at radius 3 is 2.75 bits per heavy atom. The first-order chi connectivity index (χ1) is 17.4. The zero-order valence-corrected chi connectivity index (χ0v) is 22.6. The summed E-state index contributed by atoms with van der Waals surface area (Å²) in [5, 5.41) is 0. The van der Waals surface area contributed by atoms with Crippen molar-refractivity contribution in [1.82, 2.24) is 19.4 Å². The van der Waals surface area contributed by atoms with Gasteiger partial charge in [-0.05, 0) is 62.0 Å². The van der Waals surface area contributed by atoms with Gasteiger partial charge >= 0.3 is 0 Å². The predicted octanol–water partition coefficient (Wildman–Crippen LogP) is 6.11. The van der Waals surface area contributed by atoms with Crippen LogP contribution in [0.3, 0.4) is 0 Å². The lowest BCUT2D eigenvalue weighted by Gasteiger charge is -2.33. The fraction of sp³-hybridized carbons (Fsp3) is 0.400. The van der Waals surface area contributed by atoms with Crippen LogP contribution in [0.2, 0.25) is 0 Å². The maximum absolute atomic E-state index is 12.2. The van der Waals surface area contributed by atoms with Gasteiger partial charge in [-0.3, -0.25) is 19.3 Å². The van der Waals surface area contributed by atoms with Crippen LogP contribution in [0.15, 0.2) is 70.0 Å². The highest BCUT2D eigenvalue weighted by molar-refractivity contribution is 6.09. The summed E-state index contributed by atoms with van der Waals surface area (Å²) in [6.07, 6.45) is 17.8. The summed E-state index contributed by atoms with van der Waals surface area (Å²) in [5.41, 5.74) is 7.84. The van der Waals surface area contributed by atoms with Crippen molar-refractivity contribution in [3.63, 3.8) is 0 Å². The van der Waals surface area contributed by atoms with Gasteiger partial charge in [-0.15, -0.1) is 0 Å². The number of allylic oxidation sites excluding steroid dienone is 6. The second kappa shape index (κ2) is 13.0. The van der Waals surface area contributed by atoms with Crippen LogP contribution in [-0.2, 0) is 20.0 Å². The smallest absolute Gasteiger partial charge is 0.253 e. The lowest BCUT2D eigenvalue weighted by atomic mass is 9.98. The molecule has 0 aromatic carbocycles. The molecule has 190 valence electrons. The molecule has 3 heterocycles. The van der Waals surface area contributed by atoms with Crippen molar-refractivity contribution in [1.29, 1.82) is 0 Å². The van der Waals surface area contributed by atoms with Crippen LogP contribution in [0, 0.1) is 0 Å². The van der Waals surface area contributed by atoms with Gasteiger partial charge in [0.2, 0.25) is 0 Å². The molecule has 2 aromatic heterocycles. The average Bonchev–Trinajstić information content (AvgIpc) is 2.89. The second-order valence-corrected chi connectivity index (χ2v) is 9.11. The van der Waals surface area contributed by atoms with E-state index in [9.17, 15) is 4.79 Å². The van der Waals surface area contributed by atoms with Crippen LogP contribution in [-0.4, -0.2) is 32.2 Å². The highest BCUT2D eigenvalue weighted by atomic mass is 16.1. The van der Waals surface area contributed by atoms with Gasteiger partial charge < -0.3 is 4.90 Å². The van der Waals surface area contributed by atoms with Gasteiger partial charge in [0, 0.05) is 74.4 Å². The topological polar surface area (TPSA) is 63.4 Å². The Hall–Kier alpha value is -3.54. The number of rotatable bonds is 9. The molecule has 6 heteroatoms. The minimum absolute atomic E-state index is 0.0529. The van der Waals surface area contributed by atoms with E-state index in [1.165, 1.54) is 17.3 Å². The molecule has 0 unspecified atom stereocenters. The first-order valence-electron chi connectivity index (χ1n) is 12.9. The van der Waals surface area contributed by atoms with Crippen molar-refractivity contribution >= 4 is 17.4 Å². The molecule has 0 saturated heterocycles. The fourth-order valence-corrected chi connectivity index (χ4v) is 4.43. The van der Waals surface area contributed by atoms with E-state index in [1.54, 1.807) is 17.8 Å². The summed E-state index contributed by atoms with van der Waals surface area (Å²) in [6, 6.07) is 3.75. The normalized spacial score (nSPS) is 15.6. The number of fused-ring (bicyclic) bond motifs is 1. The Labute approximate surface area is 215 Å². The second-order valence-electron chi connectivity index (χ2n) is 9.11. The van der Waals surface area contributed by atoms with Gasteiger partial charge in [0.1, 0.15) is 5.82 Å². The summed E-state index contributed by atoms with van der Waals surface area (Å²) < 4.78 is 1.61. The standard InChI is InChI=1S/C30H39N5O/c1-7-10-11-15-31-19-24(9-3)25-18-26-21-35(17-14-27(26)33-20-25)28(12-8-2)22(4)23(5)30-32-16-13-29(36)34(30)6/h9,11-13,15-16,18-20H,7-8,10,14,17,21H2,1-6H3/b15-11+,23-22-,24-9+,28-12-,31-19+. The molecule has 0 radical (unpaired) electrons. The zero-order chi connectivity index (χ0) is 26.1. The molecule has 0 spiro atoms. The van der Waals surface area contributed by atoms with Crippen LogP contribution in [0.1, 0.15) is 76.5 Å². The number of pyridine rings is 1. The fourth-order valence-electron chi connectivity index (χ4n) is 4.43. The van der Waals surface area contributed by atoms with Crippen LogP contribution in [0.4, 0.5) is 0 Å². The number of nitrogens with zero attached hydrogens (tertiary/aromatic N) is 5. The van der Waals surface area contributed by atoms with Crippen molar-refractivity contribution in [3.05, 3.63) is 93.2 Å². The third-order valence-corrected chi connectivity index (χ3v) is 6.63. The summed E-state index contributed by atoms with van der Waals surface area (Å²) in [4.78, 5) is 28.4. The summed E-state index contributed by atoms with van der Waals surface area (Å²) in [5.74, 6) is 0.702. The van der Waals surface area contributed by atoms with Crippen molar-refractivity contribution in [2.24, 2.45) is 12.0 Å². The molecule has 3 rings (SSSR count). The Morgan fingerprint density at radius 1 is 1.22 bits per heavy atom. The monoisotopic (exact) mass is 485 g/mol. The van der Waals surface area contributed by atoms with Gasteiger partial charge in [0.25, 0.3) is 5.56 Å². The molecule has 6 nitrogen and oxygen atoms in total. The largest absolute Gasteiger partial charge is 0.367 e. The van der Waals surface area contributed by atoms with Crippen molar-refractivity contribution in [2.45, 2.75) is 66.8 Å². The minimum atomic E-state index is -0.0529. The molecular formula is C30H39N5O. The lowest BCUT2D eigenvalue weighted by Crippen LogP contribution is -2.31. The van der Waals surface area contributed by atoms with Crippen LogP contribution >= 0.6 is 0 Å². The van der Waals surface area contributed by atoms with Gasteiger partial charge in [0.05, 0.1) is 0 Å². The Morgan fingerprint density at radius 2 is 2.03 bits per heavy atom. The van der Waals surface area contributed by atoms with Crippen molar-refractivity contribution in [2.75, 3.05) is 6.54 Å². The Balaban J connectivity index is 1.90. The molecule has 0 amide bonds. The number of aliphatic imine (C=N–C) groups is 1. The number of hydrogen-bond acceptors (Lipinski definition) is 5. The van der Waals surface area contributed by atoms with Gasteiger partial charge in [0.15, 0.2) is 0 Å². The van der Waals surface area contributed by atoms with E-state index < -0.39 is 0 Å². The first kappa shape index (κ1) is 27.1. The van der Waals surface area contributed by atoms with E-state index in [-0.39, 0.29) is 5.56 Å². The molecule has 0 bridgehead atoms. The van der Waals surface area contributed by atoms with Crippen LogP contribution in [0.5, 0.6) is 0 Å². The number of aromatic nitrogens is 3. The van der Waals surface area contributed by atoms with E-state index in [0.717, 1.165) is 66.7 Å². The molecule has 0 aliphatic carbocycles. The molecule has 1 aliphatic rings. The van der Waals surface area contributed by atoms with Crippen molar-refractivity contribution in [3.8, 4) is 0 Å². The van der Waals surface area contributed by atoms with Crippen LogP contribution in [0.25, 0.3) is 11.1 Å². The van der Waals surface area contributed by atoms with E-state index in [4.69, 9.17) is 4.98 Å². The minimum Gasteiger partial charge on any atom is -0.367 e. The first-order valence-corrected chi connectivity index (χ1v) is 12.9. The molecule has 0 atom stereocenters. The van der Waals surface area contributed by atoms with Gasteiger partial charge in [-0.1, -0.05) is 38.5 Å². The highest BCUT2D eigenvalue weighted by Crippen LogP contribution is 2.29. The lowest BCUT2D eigenvalue weighted by molar-refractivity contribution is 0.324. The molecule has 36 heavy (non-hydrogen) atoms. The Bertz CT molecular complexity index is 1280. The highest BCUT2D eigenvalue weighted by Gasteiger charge is 2.22. The summed E-state index contributed by atoms with van der Waals surface area (Å²) in [6.45, 7) is 12.2. The number of unbranched alkanes of at least 4 members (excludes halogenated alkanes) is 1. The summed E-state index contributed by atoms with van der Waals surface area (Å²) >= 11 is 0. The summed E-state index contributed by atoms with van der Waals surface area (Å²) in [7, 11) is 1.77. The third kappa shape index (κ3) is 6.36. The van der Waals surface area contributed by atoms with E-state index >= 15 is 0 Å². The van der Waals surface area contributed by atoms with Crippen LogP contribution < -0.4 is 5.56 Å². The number of hydrogen-bond donors (Lipinski definition) is 0. The van der Waals surface area contributed by atoms with E-state index in [2.05, 4.69) is 59.9 Å².